The van der Waals surface area contributed by atoms with Crippen molar-refractivity contribution in [3.05, 3.63) is 97.2 Å². The minimum absolute atomic E-state index is 0.106. The van der Waals surface area contributed by atoms with Gasteiger partial charge in [0.15, 0.2) is 6.10 Å². The van der Waals surface area contributed by atoms with Crippen LogP contribution < -0.4 is 0 Å². The van der Waals surface area contributed by atoms with Crippen LogP contribution in [0.4, 0.5) is 0 Å². The quantitative estimate of drug-likeness (QED) is 0.0264. The van der Waals surface area contributed by atoms with Gasteiger partial charge < -0.3 is 14.2 Å². The van der Waals surface area contributed by atoms with Gasteiger partial charge in [-0.15, -0.1) is 0 Å². The number of esters is 3. The molecular formula is C54H88O6. The Morgan fingerprint density at radius 3 is 1.07 bits per heavy atom. The molecule has 0 bridgehead atoms. The third-order valence-corrected chi connectivity index (χ3v) is 9.80. The summed E-state index contributed by atoms with van der Waals surface area (Å²) >= 11 is 0. The first-order valence-corrected chi connectivity index (χ1v) is 24.2. The normalized spacial score (nSPS) is 12.9. The molecule has 0 rings (SSSR count). The summed E-state index contributed by atoms with van der Waals surface area (Å²) in [6.07, 6.45) is 62.6. The largest absolute Gasteiger partial charge is 0.462 e. The summed E-state index contributed by atoms with van der Waals surface area (Å²) in [6.45, 7) is 6.29. The van der Waals surface area contributed by atoms with E-state index in [1.165, 1.54) is 51.4 Å². The van der Waals surface area contributed by atoms with Crippen molar-refractivity contribution in [2.24, 2.45) is 0 Å². The number of carbonyl (C=O) groups is 3. The highest BCUT2D eigenvalue weighted by atomic mass is 16.6. The Labute approximate surface area is 368 Å². The highest BCUT2D eigenvalue weighted by molar-refractivity contribution is 5.71. The fraction of sp³-hybridized carbons (Fsp3) is 0.648. The van der Waals surface area contributed by atoms with E-state index in [1.807, 2.05) is 0 Å². The zero-order chi connectivity index (χ0) is 43.7. The van der Waals surface area contributed by atoms with Crippen molar-refractivity contribution in [1.82, 2.24) is 0 Å². The van der Waals surface area contributed by atoms with E-state index in [9.17, 15) is 14.4 Å². The minimum Gasteiger partial charge on any atom is -0.462 e. The van der Waals surface area contributed by atoms with Crippen LogP contribution in [0.15, 0.2) is 97.2 Å². The second-order valence-corrected chi connectivity index (χ2v) is 15.6. The summed E-state index contributed by atoms with van der Waals surface area (Å²) in [5, 5.41) is 0. The van der Waals surface area contributed by atoms with Crippen molar-refractivity contribution in [2.75, 3.05) is 13.2 Å². The van der Waals surface area contributed by atoms with Crippen molar-refractivity contribution in [1.29, 1.82) is 0 Å². The predicted molar refractivity (Wildman–Crippen MR) is 256 cm³/mol. The van der Waals surface area contributed by atoms with Crippen LogP contribution in [0.25, 0.3) is 0 Å². The van der Waals surface area contributed by atoms with Crippen LogP contribution in [0.5, 0.6) is 0 Å². The van der Waals surface area contributed by atoms with Crippen LogP contribution in [-0.2, 0) is 28.6 Å². The molecule has 0 aliphatic carbocycles. The molecular weight excluding hydrogens is 745 g/mol. The molecule has 0 heterocycles. The fourth-order valence-corrected chi connectivity index (χ4v) is 6.20. The van der Waals surface area contributed by atoms with Gasteiger partial charge >= 0.3 is 17.9 Å². The van der Waals surface area contributed by atoms with E-state index in [0.717, 1.165) is 116 Å². The van der Waals surface area contributed by atoms with Crippen LogP contribution in [0.1, 0.15) is 207 Å². The lowest BCUT2D eigenvalue weighted by Gasteiger charge is -2.18. The summed E-state index contributed by atoms with van der Waals surface area (Å²) in [5.41, 5.74) is 0. The summed E-state index contributed by atoms with van der Waals surface area (Å²) in [7, 11) is 0. The average molecular weight is 833 g/mol. The zero-order valence-corrected chi connectivity index (χ0v) is 38.7. The Morgan fingerprint density at radius 1 is 0.350 bits per heavy atom. The van der Waals surface area contributed by atoms with Crippen LogP contribution in [-0.4, -0.2) is 37.2 Å². The van der Waals surface area contributed by atoms with Crippen molar-refractivity contribution in [2.45, 2.75) is 213 Å². The van der Waals surface area contributed by atoms with E-state index >= 15 is 0 Å². The predicted octanol–water partition coefficient (Wildman–Crippen LogP) is 15.8. The van der Waals surface area contributed by atoms with Crippen LogP contribution in [0.3, 0.4) is 0 Å². The lowest BCUT2D eigenvalue weighted by molar-refractivity contribution is -0.167. The molecule has 0 radical (unpaired) electrons. The van der Waals surface area contributed by atoms with E-state index in [1.54, 1.807) is 0 Å². The number of allylic oxidation sites excluding steroid dienone is 16. The number of rotatable bonds is 42. The molecule has 0 saturated heterocycles. The van der Waals surface area contributed by atoms with Crippen molar-refractivity contribution >= 4 is 17.9 Å². The third kappa shape index (κ3) is 45.4. The summed E-state index contributed by atoms with van der Waals surface area (Å²) in [6, 6.07) is 0. The first-order valence-electron chi connectivity index (χ1n) is 24.2. The summed E-state index contributed by atoms with van der Waals surface area (Å²) in [4.78, 5) is 37.8. The Bertz CT molecular complexity index is 1230. The number of hydrogen-bond acceptors (Lipinski definition) is 6. The molecule has 0 aliphatic heterocycles. The highest BCUT2D eigenvalue weighted by Gasteiger charge is 2.19. The maximum atomic E-state index is 12.7. The van der Waals surface area contributed by atoms with Crippen molar-refractivity contribution in [3.8, 4) is 0 Å². The van der Waals surface area contributed by atoms with E-state index in [-0.39, 0.29) is 37.5 Å². The standard InChI is InChI=1S/C54H88O6/c1-4-7-10-13-16-19-21-23-25-27-29-30-32-35-38-41-44-47-53(56)59-50-51(49-58-52(55)46-43-40-37-34-18-15-12-9-6-3)60-54(57)48-45-42-39-36-33-31-28-26-24-22-20-17-14-11-8-5-2/h8-9,11-12,16-20,23-26,31,33-34,51H,4-7,10,13-15,21-22,27-30,32,35-50H2,1-3H3/b11-8-,12-9-,19-16-,20-17-,25-23-,26-24-,33-31-,34-18-. The van der Waals surface area contributed by atoms with Gasteiger partial charge in [-0.1, -0.05) is 169 Å². The van der Waals surface area contributed by atoms with E-state index in [0.29, 0.717) is 12.8 Å². The van der Waals surface area contributed by atoms with Crippen LogP contribution in [0, 0.1) is 0 Å². The van der Waals surface area contributed by atoms with E-state index in [2.05, 4.69) is 118 Å². The van der Waals surface area contributed by atoms with Gasteiger partial charge in [-0.25, -0.2) is 0 Å². The van der Waals surface area contributed by atoms with Gasteiger partial charge in [-0.05, 0) is 116 Å². The monoisotopic (exact) mass is 833 g/mol. The smallest absolute Gasteiger partial charge is 0.306 e. The lowest BCUT2D eigenvalue weighted by Crippen LogP contribution is -2.30. The number of hydrogen-bond donors (Lipinski definition) is 0. The third-order valence-electron chi connectivity index (χ3n) is 9.80. The van der Waals surface area contributed by atoms with Crippen LogP contribution >= 0.6 is 0 Å². The first kappa shape index (κ1) is 56.3. The molecule has 0 aromatic rings. The molecule has 340 valence electrons. The van der Waals surface area contributed by atoms with Crippen molar-refractivity contribution < 1.29 is 28.6 Å². The van der Waals surface area contributed by atoms with Gasteiger partial charge in [0.2, 0.25) is 0 Å². The molecule has 0 aromatic heterocycles. The lowest BCUT2D eigenvalue weighted by atomic mass is 10.1. The zero-order valence-electron chi connectivity index (χ0n) is 38.7. The Kier molecular flexibility index (Phi) is 45.1. The number of unbranched alkanes of at least 4 members (excludes halogenated alkanes) is 15. The summed E-state index contributed by atoms with van der Waals surface area (Å²) in [5.74, 6) is -0.991. The van der Waals surface area contributed by atoms with Gasteiger partial charge in [-0.2, -0.15) is 0 Å². The average Bonchev–Trinajstić information content (AvgIpc) is 3.24. The molecule has 0 saturated carbocycles. The Hall–Kier alpha value is -3.67. The molecule has 6 heteroatoms. The van der Waals surface area contributed by atoms with Gasteiger partial charge in [0.1, 0.15) is 13.2 Å². The Morgan fingerprint density at radius 2 is 0.650 bits per heavy atom. The molecule has 60 heavy (non-hydrogen) atoms. The highest BCUT2D eigenvalue weighted by Crippen LogP contribution is 2.12. The van der Waals surface area contributed by atoms with E-state index in [4.69, 9.17) is 14.2 Å². The maximum absolute atomic E-state index is 12.7. The molecule has 1 unspecified atom stereocenters. The number of carbonyl (C=O) groups excluding carboxylic acids is 3. The summed E-state index contributed by atoms with van der Waals surface area (Å²) < 4.78 is 16.7. The van der Waals surface area contributed by atoms with Gasteiger partial charge in [0.25, 0.3) is 0 Å². The maximum Gasteiger partial charge on any atom is 0.306 e. The van der Waals surface area contributed by atoms with Crippen LogP contribution in [0.2, 0.25) is 0 Å². The van der Waals surface area contributed by atoms with Gasteiger partial charge in [0.05, 0.1) is 0 Å². The Balaban J connectivity index is 4.44. The second kappa shape index (κ2) is 48.0. The number of ether oxygens (including phenoxy) is 3. The minimum atomic E-state index is -0.809. The second-order valence-electron chi connectivity index (χ2n) is 15.6. The fourth-order valence-electron chi connectivity index (χ4n) is 6.20. The van der Waals surface area contributed by atoms with Gasteiger partial charge in [-0.3, -0.25) is 14.4 Å². The first-order chi connectivity index (χ1) is 29.5. The van der Waals surface area contributed by atoms with Gasteiger partial charge in [0, 0.05) is 19.3 Å². The molecule has 0 aliphatic rings. The molecule has 0 N–H and O–H groups in total. The van der Waals surface area contributed by atoms with E-state index < -0.39 is 6.10 Å². The topological polar surface area (TPSA) is 78.9 Å². The SMILES string of the molecule is CC/C=C\C/C=C\C/C=C\C/C=C\CCCCCC(=O)OC(COC(=O)CCCC/C=C\C/C=C\CC)COC(=O)CCCCCCCCC/C=C\C/C=C\CCCCC. The molecule has 0 amide bonds. The molecule has 6 nitrogen and oxygen atoms in total. The van der Waals surface area contributed by atoms with Crippen molar-refractivity contribution in [3.63, 3.8) is 0 Å². The molecule has 0 fully saturated rings. The molecule has 0 aromatic carbocycles. The molecule has 1 atom stereocenters. The molecule has 0 spiro atoms.